The number of alkyl halides is 3. The number of unbranched alkanes of at least 4 members (excludes halogenated alkanes) is 3. The Morgan fingerprint density at radius 1 is 1.10 bits per heavy atom. The molecular formula is C16H21F3O. The fourth-order valence-electron chi connectivity index (χ4n) is 1.88. The zero-order valence-corrected chi connectivity index (χ0v) is 11.7. The number of hydrogen-bond donors (Lipinski definition) is 1. The van der Waals surface area contributed by atoms with Gasteiger partial charge in [0.1, 0.15) is 0 Å². The molecule has 0 fully saturated rings. The molecule has 0 unspecified atom stereocenters. The Balaban J connectivity index is 2.45. The molecule has 0 aliphatic rings. The molecule has 20 heavy (non-hydrogen) atoms. The molecule has 0 radical (unpaired) electrons. The van der Waals surface area contributed by atoms with E-state index in [0.717, 1.165) is 37.8 Å². The minimum Gasteiger partial charge on any atom is -0.389 e. The molecule has 0 saturated heterocycles. The van der Waals surface area contributed by atoms with E-state index in [4.69, 9.17) is 0 Å². The minimum absolute atomic E-state index is 0.533. The Bertz CT molecular complexity index is 407. The quantitative estimate of drug-likeness (QED) is 0.695. The van der Waals surface area contributed by atoms with Crippen LogP contribution in [0.3, 0.4) is 0 Å². The van der Waals surface area contributed by atoms with Crippen molar-refractivity contribution in [3.05, 3.63) is 41.5 Å². The van der Waals surface area contributed by atoms with Gasteiger partial charge >= 0.3 is 6.18 Å². The van der Waals surface area contributed by atoms with Crippen molar-refractivity contribution >= 4 is 6.08 Å². The number of hydrogen-bond acceptors (Lipinski definition) is 1. The van der Waals surface area contributed by atoms with E-state index in [-0.39, 0.29) is 0 Å². The zero-order valence-electron chi connectivity index (χ0n) is 11.7. The van der Waals surface area contributed by atoms with Crippen LogP contribution in [0.1, 0.15) is 50.2 Å². The van der Waals surface area contributed by atoms with Gasteiger partial charge in [-0.1, -0.05) is 56.9 Å². The van der Waals surface area contributed by atoms with Crippen molar-refractivity contribution in [1.82, 2.24) is 0 Å². The summed E-state index contributed by atoms with van der Waals surface area (Å²) in [4.78, 5) is 0. The zero-order chi connectivity index (χ0) is 15.0. The van der Waals surface area contributed by atoms with Gasteiger partial charge in [-0.15, -0.1) is 0 Å². The highest BCUT2D eigenvalue weighted by Crippen LogP contribution is 2.29. The number of rotatable bonds is 7. The number of aliphatic hydroxyl groups is 1. The number of aliphatic hydroxyl groups excluding tert-OH is 1. The molecular weight excluding hydrogens is 265 g/mol. The van der Waals surface area contributed by atoms with Gasteiger partial charge in [0.15, 0.2) is 0 Å². The molecule has 1 nitrogen and oxygen atoms in total. The normalized spacial score (nSPS) is 13.8. The van der Waals surface area contributed by atoms with Crippen LogP contribution in [0.2, 0.25) is 0 Å². The summed E-state index contributed by atoms with van der Waals surface area (Å²) < 4.78 is 37.1. The lowest BCUT2D eigenvalue weighted by Gasteiger charge is -2.07. The van der Waals surface area contributed by atoms with Crippen molar-refractivity contribution in [1.29, 1.82) is 0 Å². The highest BCUT2D eigenvalue weighted by atomic mass is 19.4. The first-order chi connectivity index (χ1) is 9.43. The van der Waals surface area contributed by atoms with E-state index < -0.39 is 17.8 Å². The van der Waals surface area contributed by atoms with Crippen LogP contribution >= 0.6 is 0 Å². The van der Waals surface area contributed by atoms with E-state index in [2.05, 4.69) is 6.92 Å². The van der Waals surface area contributed by atoms with Crippen molar-refractivity contribution in [2.75, 3.05) is 0 Å². The van der Waals surface area contributed by atoms with Gasteiger partial charge in [0.05, 0.1) is 11.7 Å². The monoisotopic (exact) mass is 286 g/mol. The maximum absolute atomic E-state index is 12.4. The van der Waals surface area contributed by atoms with Crippen molar-refractivity contribution < 1.29 is 18.3 Å². The molecule has 0 bridgehead atoms. The van der Waals surface area contributed by atoms with Crippen LogP contribution < -0.4 is 0 Å². The van der Waals surface area contributed by atoms with E-state index in [0.29, 0.717) is 12.0 Å². The first kappa shape index (κ1) is 16.8. The lowest BCUT2D eigenvalue weighted by Crippen LogP contribution is -2.04. The molecule has 0 spiro atoms. The third kappa shape index (κ3) is 6.24. The van der Waals surface area contributed by atoms with Gasteiger partial charge in [-0.3, -0.25) is 0 Å². The maximum Gasteiger partial charge on any atom is 0.416 e. The predicted octanol–water partition coefficient (Wildman–Crippen LogP) is 5.05. The molecule has 4 heteroatoms. The maximum atomic E-state index is 12.4. The predicted molar refractivity (Wildman–Crippen MR) is 75.2 cm³/mol. The lowest BCUT2D eigenvalue weighted by atomic mass is 10.1. The topological polar surface area (TPSA) is 20.2 Å². The Hall–Kier alpha value is -1.29. The molecule has 0 aromatic heterocycles. The highest BCUT2D eigenvalue weighted by molar-refractivity contribution is 5.50. The Morgan fingerprint density at radius 2 is 1.75 bits per heavy atom. The average Bonchev–Trinajstić information content (AvgIpc) is 2.41. The second-order valence-corrected chi connectivity index (χ2v) is 4.90. The van der Waals surface area contributed by atoms with Crippen molar-refractivity contribution in [2.24, 2.45) is 0 Å². The Kier molecular flexibility index (Phi) is 6.79. The number of halogens is 3. The first-order valence-electron chi connectivity index (χ1n) is 6.97. The van der Waals surface area contributed by atoms with Crippen LogP contribution in [-0.2, 0) is 6.18 Å². The van der Waals surface area contributed by atoms with Crippen molar-refractivity contribution in [3.8, 4) is 0 Å². The fraction of sp³-hybridized carbons (Fsp3) is 0.500. The molecule has 0 saturated carbocycles. The third-order valence-electron chi connectivity index (χ3n) is 3.10. The summed E-state index contributed by atoms with van der Waals surface area (Å²) in [5.41, 5.74) is 0.000345. The standard InChI is InChI=1S/C16H21F3O/c1-2-3-4-5-6-15(20)12-9-13-7-10-14(11-8-13)16(17,18)19/h7-12,15,20H,2-6H2,1H3/b12-9+/t15-/m1/s1. The molecule has 0 heterocycles. The molecule has 1 aromatic rings. The fourth-order valence-corrected chi connectivity index (χ4v) is 1.88. The molecule has 1 N–H and O–H groups in total. The second kappa shape index (κ2) is 8.10. The van der Waals surface area contributed by atoms with E-state index >= 15 is 0 Å². The molecule has 1 rings (SSSR count). The van der Waals surface area contributed by atoms with Gasteiger partial charge < -0.3 is 5.11 Å². The van der Waals surface area contributed by atoms with E-state index in [1.54, 1.807) is 12.2 Å². The summed E-state index contributed by atoms with van der Waals surface area (Å²) in [6.45, 7) is 2.13. The van der Waals surface area contributed by atoms with Crippen LogP contribution in [0.4, 0.5) is 13.2 Å². The molecule has 0 amide bonds. The summed E-state index contributed by atoms with van der Waals surface area (Å²) in [5, 5.41) is 9.73. The molecule has 112 valence electrons. The first-order valence-corrected chi connectivity index (χ1v) is 6.97. The molecule has 1 aromatic carbocycles. The summed E-state index contributed by atoms with van der Waals surface area (Å²) in [6.07, 6.45) is 3.52. The second-order valence-electron chi connectivity index (χ2n) is 4.90. The SMILES string of the molecule is CCCCCC[C@@H](O)/C=C/c1ccc(C(F)(F)F)cc1. The lowest BCUT2D eigenvalue weighted by molar-refractivity contribution is -0.137. The van der Waals surface area contributed by atoms with E-state index in [9.17, 15) is 18.3 Å². The molecule has 1 atom stereocenters. The van der Waals surface area contributed by atoms with Crippen LogP contribution in [0, 0.1) is 0 Å². The molecule has 0 aliphatic carbocycles. The molecule has 0 aliphatic heterocycles. The smallest absolute Gasteiger partial charge is 0.389 e. The summed E-state index contributed by atoms with van der Waals surface area (Å²) in [7, 11) is 0. The van der Waals surface area contributed by atoms with Gasteiger partial charge in [0.25, 0.3) is 0 Å². The van der Waals surface area contributed by atoms with Crippen LogP contribution in [0.15, 0.2) is 30.3 Å². The summed E-state index contributed by atoms with van der Waals surface area (Å²) >= 11 is 0. The summed E-state index contributed by atoms with van der Waals surface area (Å²) in [5.74, 6) is 0. The number of benzene rings is 1. The Labute approximate surface area is 118 Å². The van der Waals surface area contributed by atoms with Gasteiger partial charge in [0, 0.05) is 0 Å². The third-order valence-corrected chi connectivity index (χ3v) is 3.10. The van der Waals surface area contributed by atoms with Crippen LogP contribution in [-0.4, -0.2) is 11.2 Å². The Morgan fingerprint density at radius 3 is 2.30 bits per heavy atom. The van der Waals surface area contributed by atoms with Crippen LogP contribution in [0.25, 0.3) is 6.08 Å². The average molecular weight is 286 g/mol. The van der Waals surface area contributed by atoms with Crippen LogP contribution in [0.5, 0.6) is 0 Å². The van der Waals surface area contributed by atoms with Crippen molar-refractivity contribution in [3.63, 3.8) is 0 Å². The van der Waals surface area contributed by atoms with Gasteiger partial charge in [-0.05, 0) is 24.1 Å². The van der Waals surface area contributed by atoms with Gasteiger partial charge in [0.2, 0.25) is 0 Å². The van der Waals surface area contributed by atoms with Gasteiger partial charge in [-0.2, -0.15) is 13.2 Å². The summed E-state index contributed by atoms with van der Waals surface area (Å²) in [6, 6.07) is 4.91. The van der Waals surface area contributed by atoms with E-state index in [1.807, 2.05) is 0 Å². The highest BCUT2D eigenvalue weighted by Gasteiger charge is 2.29. The van der Waals surface area contributed by atoms with Crippen molar-refractivity contribution in [2.45, 2.75) is 51.3 Å². The van der Waals surface area contributed by atoms with Gasteiger partial charge in [-0.25, -0.2) is 0 Å². The largest absolute Gasteiger partial charge is 0.416 e. The van der Waals surface area contributed by atoms with E-state index in [1.165, 1.54) is 12.1 Å². The minimum atomic E-state index is -4.30.